The topological polar surface area (TPSA) is 83.6 Å². The van der Waals surface area contributed by atoms with Crippen LogP contribution in [-0.2, 0) is 6.42 Å². The molecule has 0 aromatic heterocycles. The second-order valence-corrected chi connectivity index (χ2v) is 6.43. The number of hydrogen-bond acceptors (Lipinski definition) is 3. The molecule has 0 heterocycles. The van der Waals surface area contributed by atoms with Crippen molar-refractivity contribution >= 4 is 11.7 Å². The summed E-state index contributed by atoms with van der Waals surface area (Å²) < 4.78 is 0. The van der Waals surface area contributed by atoms with Crippen LogP contribution in [0.25, 0.3) is 0 Å². The van der Waals surface area contributed by atoms with Gasteiger partial charge in [-0.25, -0.2) is 4.79 Å². The maximum Gasteiger partial charge on any atom is 0.335 e. The molecule has 2 atom stereocenters. The van der Waals surface area contributed by atoms with E-state index in [1.807, 2.05) is 0 Å². The summed E-state index contributed by atoms with van der Waals surface area (Å²) >= 11 is 0. The number of aliphatic hydroxyl groups is 1. The Bertz CT molecular complexity index is 501. The highest BCUT2D eigenvalue weighted by molar-refractivity contribution is 5.89. The summed E-state index contributed by atoms with van der Waals surface area (Å²) in [7, 11) is 0. The molecule has 2 rings (SSSR count). The van der Waals surface area contributed by atoms with Crippen LogP contribution in [-0.4, -0.2) is 22.3 Å². The van der Waals surface area contributed by atoms with Crippen molar-refractivity contribution in [2.45, 2.75) is 63.9 Å². The Morgan fingerprint density at radius 2 is 1.82 bits per heavy atom. The van der Waals surface area contributed by atoms with Gasteiger partial charge in [-0.15, -0.1) is 0 Å². The van der Waals surface area contributed by atoms with Gasteiger partial charge >= 0.3 is 5.97 Å². The molecule has 0 aliphatic heterocycles. The molecule has 4 heteroatoms. The van der Waals surface area contributed by atoms with Gasteiger partial charge in [-0.1, -0.05) is 32.1 Å². The highest BCUT2D eigenvalue weighted by Gasteiger charge is 2.21. The van der Waals surface area contributed by atoms with Crippen LogP contribution in [0.1, 0.15) is 67.3 Å². The number of aryl methyl sites for hydroxylation is 1. The maximum atomic E-state index is 11.3. The fourth-order valence-electron chi connectivity index (χ4n) is 3.43. The van der Waals surface area contributed by atoms with Crippen LogP contribution in [0.4, 0.5) is 5.69 Å². The van der Waals surface area contributed by atoms with Crippen LogP contribution in [0.15, 0.2) is 18.2 Å². The number of carboxylic acid groups (broad SMARTS) is 1. The van der Waals surface area contributed by atoms with E-state index in [1.54, 1.807) is 18.2 Å². The van der Waals surface area contributed by atoms with E-state index in [4.69, 9.17) is 5.73 Å². The Balaban J connectivity index is 2.03. The van der Waals surface area contributed by atoms with Gasteiger partial charge in [0.05, 0.1) is 11.7 Å². The fraction of sp³-hybridized carbons (Fsp3) is 0.611. The van der Waals surface area contributed by atoms with Crippen LogP contribution in [0.3, 0.4) is 0 Å². The number of hydrogen-bond donors (Lipinski definition) is 3. The van der Waals surface area contributed by atoms with Crippen LogP contribution in [0, 0.1) is 5.92 Å². The fourth-order valence-corrected chi connectivity index (χ4v) is 3.43. The molecular weight excluding hydrogens is 278 g/mol. The third-order valence-corrected chi connectivity index (χ3v) is 4.76. The van der Waals surface area contributed by atoms with Crippen LogP contribution in [0.5, 0.6) is 0 Å². The minimum atomic E-state index is -0.912. The van der Waals surface area contributed by atoms with Crippen molar-refractivity contribution in [1.82, 2.24) is 0 Å². The molecule has 0 saturated heterocycles. The Morgan fingerprint density at radius 1 is 1.14 bits per heavy atom. The summed E-state index contributed by atoms with van der Waals surface area (Å²) in [6, 6.07) is 4.96. The molecule has 1 aromatic rings. The van der Waals surface area contributed by atoms with Crippen molar-refractivity contribution in [2.24, 2.45) is 5.92 Å². The third kappa shape index (κ3) is 4.73. The number of nitrogens with two attached hydrogens (primary N) is 1. The number of aromatic carboxylic acids is 1. The second kappa shape index (κ2) is 8.18. The molecule has 4 N–H and O–H groups in total. The summed E-state index contributed by atoms with van der Waals surface area (Å²) in [5.74, 6) is -0.647. The monoisotopic (exact) mass is 305 g/mol. The van der Waals surface area contributed by atoms with Gasteiger partial charge in [-0.2, -0.15) is 0 Å². The van der Waals surface area contributed by atoms with Crippen molar-refractivity contribution in [3.8, 4) is 0 Å². The standard InChI is InChI=1S/C18H27NO3/c19-15-10-11-16(18(21)22)14(12-15)9-8-13-6-4-2-1-3-5-7-17(13)20/h10-13,17,20H,1-9,19H2,(H,21,22). The Hall–Kier alpha value is -1.55. The predicted molar refractivity (Wildman–Crippen MR) is 88.0 cm³/mol. The Labute approximate surface area is 132 Å². The van der Waals surface area contributed by atoms with E-state index in [0.29, 0.717) is 17.7 Å². The van der Waals surface area contributed by atoms with Gasteiger partial charge in [-0.3, -0.25) is 0 Å². The number of carboxylic acids is 1. The second-order valence-electron chi connectivity index (χ2n) is 6.43. The highest BCUT2D eigenvalue weighted by atomic mass is 16.4. The number of carbonyl (C=O) groups is 1. The number of aliphatic hydroxyl groups excluding tert-OH is 1. The molecule has 2 unspecified atom stereocenters. The average Bonchev–Trinajstić information content (AvgIpc) is 2.57. The lowest BCUT2D eigenvalue weighted by Gasteiger charge is -2.22. The molecule has 1 saturated carbocycles. The minimum Gasteiger partial charge on any atom is -0.478 e. The molecule has 1 fully saturated rings. The lowest BCUT2D eigenvalue weighted by atomic mass is 9.87. The van der Waals surface area contributed by atoms with Gasteiger partial charge < -0.3 is 15.9 Å². The molecule has 22 heavy (non-hydrogen) atoms. The van der Waals surface area contributed by atoms with Crippen LogP contribution in [0.2, 0.25) is 0 Å². The van der Waals surface area contributed by atoms with E-state index in [2.05, 4.69) is 0 Å². The largest absolute Gasteiger partial charge is 0.478 e. The summed E-state index contributed by atoms with van der Waals surface area (Å²) in [4.78, 5) is 11.3. The Morgan fingerprint density at radius 3 is 2.55 bits per heavy atom. The number of anilines is 1. The number of rotatable bonds is 4. The van der Waals surface area contributed by atoms with E-state index in [1.165, 1.54) is 19.3 Å². The number of nitrogen functional groups attached to an aromatic ring is 1. The van der Waals surface area contributed by atoms with Crippen LogP contribution < -0.4 is 5.73 Å². The van der Waals surface area contributed by atoms with E-state index >= 15 is 0 Å². The molecule has 0 bridgehead atoms. The third-order valence-electron chi connectivity index (χ3n) is 4.76. The predicted octanol–water partition coefficient (Wildman–Crippen LogP) is 3.62. The minimum absolute atomic E-state index is 0.257. The smallest absolute Gasteiger partial charge is 0.335 e. The normalized spacial score (nSPS) is 23.3. The molecular formula is C18H27NO3. The SMILES string of the molecule is Nc1ccc(C(=O)O)c(CCC2CCCCCCCC2O)c1. The Kier molecular flexibility index (Phi) is 6.25. The van der Waals surface area contributed by atoms with Gasteiger partial charge in [0.2, 0.25) is 0 Å². The summed E-state index contributed by atoms with van der Waals surface area (Å²) in [5.41, 5.74) is 7.48. The molecule has 0 spiro atoms. The van der Waals surface area contributed by atoms with Crippen molar-refractivity contribution < 1.29 is 15.0 Å². The first-order valence-corrected chi connectivity index (χ1v) is 8.37. The lowest BCUT2D eigenvalue weighted by molar-refractivity contribution is 0.0695. The first kappa shape index (κ1) is 16.8. The molecule has 122 valence electrons. The van der Waals surface area contributed by atoms with Crippen molar-refractivity contribution in [3.05, 3.63) is 29.3 Å². The lowest BCUT2D eigenvalue weighted by Crippen LogP contribution is -2.21. The van der Waals surface area contributed by atoms with E-state index in [0.717, 1.165) is 37.7 Å². The molecule has 0 amide bonds. The zero-order valence-corrected chi connectivity index (χ0v) is 13.1. The average molecular weight is 305 g/mol. The van der Waals surface area contributed by atoms with Gasteiger partial charge in [0.15, 0.2) is 0 Å². The van der Waals surface area contributed by atoms with Crippen molar-refractivity contribution in [1.29, 1.82) is 0 Å². The van der Waals surface area contributed by atoms with E-state index in [9.17, 15) is 15.0 Å². The zero-order valence-electron chi connectivity index (χ0n) is 13.1. The van der Waals surface area contributed by atoms with E-state index < -0.39 is 5.97 Å². The van der Waals surface area contributed by atoms with Crippen molar-refractivity contribution in [3.63, 3.8) is 0 Å². The summed E-state index contributed by atoms with van der Waals surface area (Å²) in [6.07, 6.45) is 9.09. The van der Waals surface area contributed by atoms with Crippen molar-refractivity contribution in [2.75, 3.05) is 5.73 Å². The van der Waals surface area contributed by atoms with Gasteiger partial charge in [0, 0.05) is 5.69 Å². The van der Waals surface area contributed by atoms with Crippen LogP contribution >= 0.6 is 0 Å². The summed E-state index contributed by atoms with van der Waals surface area (Å²) in [5, 5.41) is 19.6. The van der Waals surface area contributed by atoms with Gasteiger partial charge in [0.1, 0.15) is 0 Å². The zero-order chi connectivity index (χ0) is 15.9. The number of benzene rings is 1. The first-order valence-electron chi connectivity index (χ1n) is 8.37. The highest BCUT2D eigenvalue weighted by Crippen LogP contribution is 2.27. The van der Waals surface area contributed by atoms with E-state index in [-0.39, 0.29) is 12.0 Å². The summed E-state index contributed by atoms with van der Waals surface area (Å²) in [6.45, 7) is 0. The molecule has 4 nitrogen and oxygen atoms in total. The maximum absolute atomic E-state index is 11.3. The molecule has 0 radical (unpaired) electrons. The molecule has 1 aliphatic carbocycles. The molecule has 1 aliphatic rings. The first-order chi connectivity index (χ1) is 10.6. The van der Waals surface area contributed by atoms with Gasteiger partial charge in [0.25, 0.3) is 0 Å². The molecule has 1 aromatic carbocycles. The quantitative estimate of drug-likeness (QED) is 0.742. The van der Waals surface area contributed by atoms with Gasteiger partial charge in [-0.05, 0) is 55.4 Å².